The minimum atomic E-state index is 0.418. The van der Waals surface area contributed by atoms with Crippen LogP contribution in [0.25, 0.3) is 0 Å². The maximum Gasteiger partial charge on any atom is 0.145 e. The van der Waals surface area contributed by atoms with E-state index in [1.807, 2.05) is 0 Å². The summed E-state index contributed by atoms with van der Waals surface area (Å²) in [6.07, 6.45) is 2.69. The first kappa shape index (κ1) is 10.0. The molecule has 1 aromatic rings. The Morgan fingerprint density at radius 3 is 3.00 bits per heavy atom. The van der Waals surface area contributed by atoms with Gasteiger partial charge in [-0.1, -0.05) is 23.2 Å². The Hall–Kier alpha value is -0.510. The molecule has 0 aliphatic carbocycles. The van der Waals surface area contributed by atoms with Crippen molar-refractivity contribution in [2.75, 3.05) is 18.4 Å². The lowest BCUT2D eigenvalue weighted by molar-refractivity contribution is 0.788. The second kappa shape index (κ2) is 4.34. The van der Waals surface area contributed by atoms with Gasteiger partial charge in [0.15, 0.2) is 0 Å². The van der Waals surface area contributed by atoms with Crippen LogP contribution < -0.4 is 10.6 Å². The third-order valence-corrected chi connectivity index (χ3v) is 2.70. The standard InChI is InChI=1S/C9H11Cl2N3/c10-6-3-8(11)9(13-4-6)14-7-1-2-12-5-7/h3-4,7,12H,1-2,5H2,(H,13,14). The molecule has 0 spiro atoms. The molecule has 2 heterocycles. The van der Waals surface area contributed by atoms with Crippen molar-refractivity contribution in [3.63, 3.8) is 0 Å². The molecular formula is C9H11Cl2N3. The van der Waals surface area contributed by atoms with Gasteiger partial charge in [-0.05, 0) is 19.0 Å². The molecule has 1 atom stereocenters. The van der Waals surface area contributed by atoms with Crippen LogP contribution in [0.5, 0.6) is 0 Å². The summed E-state index contributed by atoms with van der Waals surface area (Å²) in [5.74, 6) is 0.713. The molecule has 1 saturated heterocycles. The maximum atomic E-state index is 5.98. The molecule has 2 rings (SSSR count). The molecule has 1 aliphatic rings. The van der Waals surface area contributed by atoms with Crippen LogP contribution in [-0.4, -0.2) is 24.1 Å². The average Bonchev–Trinajstić information content (AvgIpc) is 2.62. The van der Waals surface area contributed by atoms with Gasteiger partial charge in [0.05, 0.1) is 10.0 Å². The Balaban J connectivity index is 2.08. The number of hydrogen-bond donors (Lipinski definition) is 2. The zero-order valence-electron chi connectivity index (χ0n) is 7.56. The van der Waals surface area contributed by atoms with Gasteiger partial charge < -0.3 is 10.6 Å². The minimum absolute atomic E-state index is 0.418. The normalized spacial score (nSPS) is 21.1. The molecule has 0 radical (unpaired) electrons. The van der Waals surface area contributed by atoms with Gasteiger partial charge in [-0.3, -0.25) is 0 Å². The largest absolute Gasteiger partial charge is 0.365 e. The van der Waals surface area contributed by atoms with Crippen LogP contribution in [0.2, 0.25) is 10.0 Å². The second-order valence-corrected chi connectivity index (χ2v) is 4.16. The van der Waals surface area contributed by atoms with Gasteiger partial charge in [-0.2, -0.15) is 0 Å². The van der Waals surface area contributed by atoms with Gasteiger partial charge in [0, 0.05) is 18.8 Å². The molecule has 2 N–H and O–H groups in total. The Labute approximate surface area is 92.8 Å². The highest BCUT2D eigenvalue weighted by Gasteiger charge is 2.15. The monoisotopic (exact) mass is 231 g/mol. The molecule has 0 amide bonds. The Bertz CT molecular complexity index is 324. The quantitative estimate of drug-likeness (QED) is 0.820. The number of nitrogens with one attached hydrogen (secondary N) is 2. The van der Waals surface area contributed by atoms with E-state index in [9.17, 15) is 0 Å². The van der Waals surface area contributed by atoms with Crippen molar-refractivity contribution in [1.82, 2.24) is 10.3 Å². The summed E-state index contributed by atoms with van der Waals surface area (Å²) in [6, 6.07) is 2.11. The maximum absolute atomic E-state index is 5.98. The van der Waals surface area contributed by atoms with E-state index < -0.39 is 0 Å². The van der Waals surface area contributed by atoms with E-state index in [1.54, 1.807) is 12.3 Å². The van der Waals surface area contributed by atoms with Crippen molar-refractivity contribution in [3.8, 4) is 0 Å². The molecule has 3 nitrogen and oxygen atoms in total. The SMILES string of the molecule is Clc1cnc(NC2CCNC2)c(Cl)c1. The van der Waals surface area contributed by atoms with Crippen LogP contribution in [0.15, 0.2) is 12.3 Å². The van der Waals surface area contributed by atoms with E-state index in [2.05, 4.69) is 15.6 Å². The predicted molar refractivity (Wildman–Crippen MR) is 59.2 cm³/mol. The molecule has 1 aromatic heterocycles. The van der Waals surface area contributed by atoms with Gasteiger partial charge >= 0.3 is 0 Å². The van der Waals surface area contributed by atoms with Crippen molar-refractivity contribution in [3.05, 3.63) is 22.3 Å². The average molecular weight is 232 g/mol. The molecule has 1 unspecified atom stereocenters. The number of anilines is 1. The van der Waals surface area contributed by atoms with Gasteiger partial charge in [-0.15, -0.1) is 0 Å². The van der Waals surface area contributed by atoms with Crippen LogP contribution in [0.3, 0.4) is 0 Å². The van der Waals surface area contributed by atoms with Crippen molar-refractivity contribution < 1.29 is 0 Å². The van der Waals surface area contributed by atoms with E-state index in [1.165, 1.54) is 0 Å². The van der Waals surface area contributed by atoms with E-state index in [0.29, 0.717) is 21.9 Å². The lowest BCUT2D eigenvalue weighted by Crippen LogP contribution is -2.22. The van der Waals surface area contributed by atoms with Gasteiger partial charge in [0.1, 0.15) is 5.82 Å². The fourth-order valence-corrected chi connectivity index (χ4v) is 1.93. The predicted octanol–water partition coefficient (Wildman–Crippen LogP) is 2.16. The molecule has 0 bridgehead atoms. The van der Waals surface area contributed by atoms with E-state index in [0.717, 1.165) is 19.5 Å². The molecule has 14 heavy (non-hydrogen) atoms. The van der Waals surface area contributed by atoms with Crippen LogP contribution in [0.4, 0.5) is 5.82 Å². The van der Waals surface area contributed by atoms with Gasteiger partial charge in [0.25, 0.3) is 0 Å². The highest BCUT2D eigenvalue weighted by molar-refractivity contribution is 6.35. The lowest BCUT2D eigenvalue weighted by Gasteiger charge is -2.12. The lowest BCUT2D eigenvalue weighted by atomic mass is 10.2. The van der Waals surface area contributed by atoms with Crippen LogP contribution >= 0.6 is 23.2 Å². The molecule has 1 fully saturated rings. The summed E-state index contributed by atoms with van der Waals surface area (Å²) in [5.41, 5.74) is 0. The smallest absolute Gasteiger partial charge is 0.145 e. The first-order chi connectivity index (χ1) is 6.75. The highest BCUT2D eigenvalue weighted by Crippen LogP contribution is 2.23. The summed E-state index contributed by atoms with van der Waals surface area (Å²) < 4.78 is 0. The first-order valence-electron chi connectivity index (χ1n) is 4.54. The van der Waals surface area contributed by atoms with Crippen LogP contribution in [0.1, 0.15) is 6.42 Å². The molecule has 5 heteroatoms. The number of nitrogens with zero attached hydrogens (tertiary/aromatic N) is 1. The van der Waals surface area contributed by atoms with Crippen molar-refractivity contribution in [2.45, 2.75) is 12.5 Å². The summed E-state index contributed by atoms with van der Waals surface area (Å²) >= 11 is 11.7. The summed E-state index contributed by atoms with van der Waals surface area (Å²) in [6.45, 7) is 2.00. The van der Waals surface area contributed by atoms with E-state index in [-0.39, 0.29) is 0 Å². The summed E-state index contributed by atoms with van der Waals surface area (Å²) in [5, 5.41) is 7.67. The Morgan fingerprint density at radius 1 is 1.50 bits per heavy atom. The summed E-state index contributed by atoms with van der Waals surface area (Å²) in [7, 11) is 0. The first-order valence-corrected chi connectivity index (χ1v) is 5.29. The molecule has 0 aromatic carbocycles. The Kier molecular flexibility index (Phi) is 3.11. The van der Waals surface area contributed by atoms with Crippen LogP contribution in [-0.2, 0) is 0 Å². The zero-order valence-corrected chi connectivity index (χ0v) is 9.07. The number of halogens is 2. The summed E-state index contributed by atoms with van der Waals surface area (Å²) in [4.78, 5) is 4.14. The highest BCUT2D eigenvalue weighted by atomic mass is 35.5. The van der Waals surface area contributed by atoms with Gasteiger partial charge in [-0.25, -0.2) is 4.98 Å². The van der Waals surface area contributed by atoms with Crippen molar-refractivity contribution >= 4 is 29.0 Å². The topological polar surface area (TPSA) is 37.0 Å². The number of rotatable bonds is 2. The second-order valence-electron chi connectivity index (χ2n) is 3.32. The minimum Gasteiger partial charge on any atom is -0.365 e. The zero-order chi connectivity index (χ0) is 9.97. The van der Waals surface area contributed by atoms with Crippen LogP contribution in [0, 0.1) is 0 Å². The van der Waals surface area contributed by atoms with Crippen molar-refractivity contribution in [1.29, 1.82) is 0 Å². The van der Waals surface area contributed by atoms with Gasteiger partial charge in [0.2, 0.25) is 0 Å². The number of pyridine rings is 1. The van der Waals surface area contributed by atoms with E-state index in [4.69, 9.17) is 23.2 Å². The fourth-order valence-electron chi connectivity index (χ4n) is 1.49. The molecule has 76 valence electrons. The van der Waals surface area contributed by atoms with Crippen molar-refractivity contribution in [2.24, 2.45) is 0 Å². The fraction of sp³-hybridized carbons (Fsp3) is 0.444. The Morgan fingerprint density at radius 2 is 2.36 bits per heavy atom. The number of aromatic nitrogens is 1. The third kappa shape index (κ3) is 2.29. The molecule has 0 saturated carbocycles. The molecular weight excluding hydrogens is 221 g/mol. The van der Waals surface area contributed by atoms with E-state index >= 15 is 0 Å². The number of hydrogen-bond acceptors (Lipinski definition) is 3. The third-order valence-electron chi connectivity index (χ3n) is 2.21. The molecule has 1 aliphatic heterocycles.